The third-order valence-corrected chi connectivity index (χ3v) is 4.62. The highest BCUT2D eigenvalue weighted by molar-refractivity contribution is 8.00. The number of hydrogen-bond donors (Lipinski definition) is 1. The summed E-state index contributed by atoms with van der Waals surface area (Å²) in [6.07, 6.45) is 1.28. The quantitative estimate of drug-likeness (QED) is 0.790. The average molecular weight is 270 g/mol. The normalized spacial score (nSPS) is 21.6. The van der Waals surface area contributed by atoms with Crippen molar-refractivity contribution in [3.05, 3.63) is 12.2 Å². The van der Waals surface area contributed by atoms with E-state index in [0.29, 0.717) is 4.75 Å². The molecule has 106 valence electrons. The third-order valence-electron chi connectivity index (χ3n) is 3.25. The fourth-order valence-electron chi connectivity index (χ4n) is 1.98. The van der Waals surface area contributed by atoms with Gasteiger partial charge in [-0.2, -0.15) is 11.8 Å². The van der Waals surface area contributed by atoms with Gasteiger partial charge >= 0.3 is 0 Å². The zero-order valence-corrected chi connectivity index (χ0v) is 13.6. The van der Waals surface area contributed by atoms with E-state index in [-0.39, 0.29) is 5.54 Å². The van der Waals surface area contributed by atoms with E-state index in [1.54, 1.807) is 0 Å². The van der Waals surface area contributed by atoms with E-state index in [2.05, 4.69) is 63.2 Å². The van der Waals surface area contributed by atoms with Crippen LogP contribution in [0.15, 0.2) is 12.2 Å². The Hall–Kier alpha value is 0.0100. The molecule has 0 unspecified atom stereocenters. The molecule has 0 aliphatic carbocycles. The molecule has 2 nitrogen and oxygen atoms in total. The van der Waals surface area contributed by atoms with Gasteiger partial charge in [0.1, 0.15) is 0 Å². The van der Waals surface area contributed by atoms with Gasteiger partial charge in [-0.1, -0.05) is 20.4 Å². The number of thioether (sulfide) groups is 1. The minimum Gasteiger partial charge on any atom is -0.308 e. The van der Waals surface area contributed by atoms with Crippen LogP contribution in [0.5, 0.6) is 0 Å². The van der Waals surface area contributed by atoms with Crippen molar-refractivity contribution in [3.8, 4) is 0 Å². The minimum absolute atomic E-state index is 0.180. The highest BCUT2D eigenvalue weighted by Crippen LogP contribution is 2.30. The molecule has 1 aliphatic heterocycles. The summed E-state index contributed by atoms with van der Waals surface area (Å²) in [7, 11) is 0. The SMILES string of the molecule is C=C(CNC(C)(C)C)CN1CCSC(C)(C)CC1. The number of nitrogens with one attached hydrogen (secondary N) is 1. The molecular formula is C15H30N2S. The first kappa shape index (κ1) is 16.1. The number of nitrogens with zero attached hydrogens (tertiary/aromatic N) is 1. The average Bonchev–Trinajstić information content (AvgIpc) is 2.37. The van der Waals surface area contributed by atoms with Gasteiger partial charge in [0.2, 0.25) is 0 Å². The fraction of sp³-hybridized carbons (Fsp3) is 0.867. The van der Waals surface area contributed by atoms with E-state index < -0.39 is 0 Å². The molecule has 0 radical (unpaired) electrons. The van der Waals surface area contributed by atoms with Crippen LogP contribution < -0.4 is 5.32 Å². The molecule has 0 bridgehead atoms. The van der Waals surface area contributed by atoms with Crippen LogP contribution >= 0.6 is 11.8 Å². The van der Waals surface area contributed by atoms with Crippen LogP contribution in [0, 0.1) is 0 Å². The summed E-state index contributed by atoms with van der Waals surface area (Å²) in [5.74, 6) is 1.24. The Bertz CT molecular complexity index is 279. The Morgan fingerprint density at radius 2 is 2.00 bits per heavy atom. The van der Waals surface area contributed by atoms with E-state index in [1.807, 2.05) is 0 Å². The number of rotatable bonds is 4. The second-order valence-corrected chi connectivity index (χ2v) is 8.79. The van der Waals surface area contributed by atoms with E-state index >= 15 is 0 Å². The first-order valence-corrected chi connectivity index (χ1v) is 7.94. The van der Waals surface area contributed by atoms with Crippen molar-refractivity contribution in [2.45, 2.75) is 51.3 Å². The van der Waals surface area contributed by atoms with E-state index in [1.165, 1.54) is 30.8 Å². The first-order valence-electron chi connectivity index (χ1n) is 6.96. The predicted octanol–water partition coefficient (Wildman–Crippen LogP) is 3.15. The lowest BCUT2D eigenvalue weighted by Gasteiger charge is -2.25. The lowest BCUT2D eigenvalue weighted by molar-refractivity contribution is 0.302. The van der Waals surface area contributed by atoms with Crippen LogP contribution in [-0.2, 0) is 0 Å². The zero-order chi connectivity index (χ0) is 13.8. The van der Waals surface area contributed by atoms with Gasteiger partial charge in [-0.15, -0.1) is 0 Å². The second kappa shape index (κ2) is 6.44. The van der Waals surface area contributed by atoms with Crippen molar-refractivity contribution in [1.82, 2.24) is 10.2 Å². The van der Waals surface area contributed by atoms with Gasteiger partial charge in [0, 0.05) is 35.7 Å². The summed E-state index contributed by atoms with van der Waals surface area (Å²) in [5, 5.41) is 3.51. The van der Waals surface area contributed by atoms with Crippen LogP contribution in [0.4, 0.5) is 0 Å². The zero-order valence-electron chi connectivity index (χ0n) is 12.8. The van der Waals surface area contributed by atoms with E-state index in [4.69, 9.17) is 0 Å². The summed E-state index contributed by atoms with van der Waals surface area (Å²) in [6.45, 7) is 19.9. The number of hydrogen-bond acceptors (Lipinski definition) is 3. The van der Waals surface area contributed by atoms with Gasteiger partial charge in [0.05, 0.1) is 0 Å². The molecule has 1 heterocycles. The minimum atomic E-state index is 0.180. The molecule has 0 aromatic rings. The van der Waals surface area contributed by atoms with Crippen molar-refractivity contribution in [2.75, 3.05) is 31.9 Å². The monoisotopic (exact) mass is 270 g/mol. The molecule has 1 aliphatic rings. The Morgan fingerprint density at radius 3 is 2.61 bits per heavy atom. The maximum atomic E-state index is 4.21. The molecule has 0 spiro atoms. The summed E-state index contributed by atoms with van der Waals surface area (Å²) in [4.78, 5) is 2.55. The van der Waals surface area contributed by atoms with Crippen LogP contribution in [0.1, 0.15) is 41.0 Å². The summed E-state index contributed by atoms with van der Waals surface area (Å²) in [6, 6.07) is 0. The van der Waals surface area contributed by atoms with Crippen LogP contribution in [0.3, 0.4) is 0 Å². The summed E-state index contributed by atoms with van der Waals surface area (Å²) in [5.41, 5.74) is 1.48. The van der Waals surface area contributed by atoms with Crippen molar-refractivity contribution >= 4 is 11.8 Å². The predicted molar refractivity (Wildman–Crippen MR) is 84.5 cm³/mol. The van der Waals surface area contributed by atoms with Crippen LogP contribution in [0.25, 0.3) is 0 Å². The lowest BCUT2D eigenvalue weighted by atomic mass is 10.1. The fourth-order valence-corrected chi connectivity index (χ4v) is 3.12. The second-order valence-electron chi connectivity index (χ2n) is 6.99. The van der Waals surface area contributed by atoms with Crippen molar-refractivity contribution in [1.29, 1.82) is 0 Å². The lowest BCUT2D eigenvalue weighted by Crippen LogP contribution is -2.39. The standard InChI is InChI=1S/C15H30N2S/c1-13(11-16-14(2,3)4)12-17-8-7-15(5,6)18-10-9-17/h16H,1,7-12H2,2-6H3. The highest BCUT2D eigenvalue weighted by Gasteiger charge is 2.23. The molecule has 0 aromatic heterocycles. The molecule has 1 fully saturated rings. The van der Waals surface area contributed by atoms with Gasteiger partial charge in [0.25, 0.3) is 0 Å². The summed E-state index contributed by atoms with van der Waals surface area (Å²) < 4.78 is 0.444. The van der Waals surface area contributed by atoms with Gasteiger partial charge in [-0.25, -0.2) is 0 Å². The van der Waals surface area contributed by atoms with Crippen molar-refractivity contribution in [2.24, 2.45) is 0 Å². The maximum Gasteiger partial charge on any atom is 0.0203 e. The molecular weight excluding hydrogens is 240 g/mol. The van der Waals surface area contributed by atoms with Gasteiger partial charge in [-0.05, 0) is 39.3 Å². The first-order chi connectivity index (χ1) is 8.18. The van der Waals surface area contributed by atoms with Crippen LogP contribution in [0.2, 0.25) is 0 Å². The summed E-state index contributed by atoms with van der Waals surface area (Å²) >= 11 is 2.10. The van der Waals surface area contributed by atoms with Crippen molar-refractivity contribution < 1.29 is 0 Å². The van der Waals surface area contributed by atoms with Gasteiger partial charge in [-0.3, -0.25) is 4.90 Å². The largest absolute Gasteiger partial charge is 0.308 e. The molecule has 0 saturated carbocycles. The van der Waals surface area contributed by atoms with Gasteiger partial charge in [0.15, 0.2) is 0 Å². The Morgan fingerprint density at radius 1 is 1.33 bits per heavy atom. The molecule has 0 aromatic carbocycles. The Kier molecular flexibility index (Phi) is 5.75. The Labute approximate surface area is 118 Å². The third kappa shape index (κ3) is 6.81. The molecule has 0 atom stereocenters. The van der Waals surface area contributed by atoms with Crippen LogP contribution in [-0.4, -0.2) is 47.1 Å². The maximum absolute atomic E-state index is 4.21. The molecule has 1 saturated heterocycles. The smallest absolute Gasteiger partial charge is 0.0203 e. The van der Waals surface area contributed by atoms with Gasteiger partial charge < -0.3 is 5.32 Å². The molecule has 3 heteroatoms. The van der Waals surface area contributed by atoms with E-state index in [9.17, 15) is 0 Å². The molecule has 0 amide bonds. The van der Waals surface area contributed by atoms with Crippen molar-refractivity contribution in [3.63, 3.8) is 0 Å². The molecule has 18 heavy (non-hydrogen) atoms. The Balaban J connectivity index is 2.32. The topological polar surface area (TPSA) is 15.3 Å². The highest BCUT2D eigenvalue weighted by atomic mass is 32.2. The molecule has 1 rings (SSSR count). The molecule has 1 N–H and O–H groups in total. The van der Waals surface area contributed by atoms with E-state index in [0.717, 1.165) is 13.1 Å².